The molecule has 0 atom stereocenters. The molecule has 0 spiro atoms. The molecule has 0 fully saturated rings. The first-order chi connectivity index (χ1) is 14.0. The number of nitrogens with one attached hydrogen (secondary N) is 1. The summed E-state index contributed by atoms with van der Waals surface area (Å²) in [5.74, 6) is -0.455. The molecule has 0 bridgehead atoms. The summed E-state index contributed by atoms with van der Waals surface area (Å²) in [6.45, 7) is 6.34. The minimum absolute atomic E-state index is 0.499. The van der Waals surface area contributed by atoms with Gasteiger partial charge in [-0.1, -0.05) is 12.1 Å². The van der Waals surface area contributed by atoms with Crippen LogP contribution in [0.15, 0.2) is 48.8 Å². The number of nitrogens with zero attached hydrogens (tertiary/aromatic N) is 3. The lowest BCUT2D eigenvalue weighted by Gasteiger charge is -2.12. The minimum Gasteiger partial charge on any atom is -0.492 e. The summed E-state index contributed by atoms with van der Waals surface area (Å²) in [6.07, 6.45) is 1.45. The Morgan fingerprint density at radius 2 is 1.83 bits per heavy atom. The molecule has 0 aliphatic rings. The maximum atomic E-state index is 13.8. The molecule has 2 aromatic carbocycles. The molecule has 29 heavy (non-hydrogen) atoms. The summed E-state index contributed by atoms with van der Waals surface area (Å²) in [7, 11) is 0. The van der Waals surface area contributed by atoms with Crippen molar-refractivity contribution in [2.45, 2.75) is 20.8 Å². The third-order valence-electron chi connectivity index (χ3n) is 4.89. The van der Waals surface area contributed by atoms with E-state index in [9.17, 15) is 8.78 Å². The molecule has 0 amide bonds. The fourth-order valence-electron chi connectivity index (χ4n) is 3.41. The van der Waals surface area contributed by atoms with E-state index in [2.05, 4.69) is 15.3 Å². The van der Waals surface area contributed by atoms with Crippen LogP contribution in [-0.2, 0) is 0 Å². The fraction of sp³-hybridized carbons (Fsp3) is 0.182. The van der Waals surface area contributed by atoms with E-state index in [0.717, 1.165) is 34.1 Å². The molecule has 0 saturated carbocycles. The Labute approximate surface area is 167 Å². The van der Waals surface area contributed by atoms with Crippen molar-refractivity contribution in [3.63, 3.8) is 0 Å². The zero-order valence-electron chi connectivity index (χ0n) is 16.3. The Kier molecular flexibility index (Phi) is 4.88. The third kappa shape index (κ3) is 3.29. The highest BCUT2D eigenvalue weighted by atomic mass is 19.2. The van der Waals surface area contributed by atoms with E-state index in [1.807, 2.05) is 45.0 Å². The average Bonchev–Trinajstić information content (AvgIpc) is 2.97. The number of aryl methyl sites for hydroxylation is 1. The number of fused-ring (bicyclic) bond motifs is 1. The van der Waals surface area contributed by atoms with Gasteiger partial charge in [-0.25, -0.2) is 18.7 Å². The molecule has 0 radical (unpaired) electrons. The SMILES string of the molecule is CCOc1ccccc1Nc1ncnc2c1c(C)c(C)n2-c1ccc(F)c(F)c1. The Hall–Kier alpha value is -3.48. The Morgan fingerprint density at radius 3 is 2.59 bits per heavy atom. The van der Waals surface area contributed by atoms with Crippen molar-refractivity contribution in [3.8, 4) is 11.4 Å². The second-order valence-corrected chi connectivity index (χ2v) is 6.62. The molecule has 0 unspecified atom stereocenters. The first kappa shape index (κ1) is 18.9. The van der Waals surface area contributed by atoms with E-state index >= 15 is 0 Å². The van der Waals surface area contributed by atoms with E-state index in [-0.39, 0.29) is 0 Å². The maximum absolute atomic E-state index is 13.8. The number of rotatable bonds is 5. The predicted molar refractivity (Wildman–Crippen MR) is 109 cm³/mol. The van der Waals surface area contributed by atoms with Gasteiger partial charge in [0.05, 0.1) is 23.4 Å². The van der Waals surface area contributed by atoms with Gasteiger partial charge < -0.3 is 10.1 Å². The van der Waals surface area contributed by atoms with Crippen LogP contribution in [0.4, 0.5) is 20.3 Å². The van der Waals surface area contributed by atoms with E-state index in [1.165, 1.54) is 18.5 Å². The molecule has 0 aliphatic carbocycles. The highest BCUT2D eigenvalue weighted by Crippen LogP contribution is 2.34. The quantitative estimate of drug-likeness (QED) is 0.488. The molecule has 0 saturated heterocycles. The zero-order chi connectivity index (χ0) is 20.5. The molecule has 4 rings (SSSR count). The second-order valence-electron chi connectivity index (χ2n) is 6.62. The van der Waals surface area contributed by atoms with Crippen LogP contribution in [0.25, 0.3) is 16.7 Å². The van der Waals surface area contributed by atoms with Crippen molar-refractivity contribution in [2.24, 2.45) is 0 Å². The van der Waals surface area contributed by atoms with Gasteiger partial charge in [-0.2, -0.15) is 0 Å². The molecule has 2 heterocycles. The second kappa shape index (κ2) is 7.50. The van der Waals surface area contributed by atoms with E-state index in [0.29, 0.717) is 23.8 Å². The Balaban J connectivity index is 1.87. The van der Waals surface area contributed by atoms with Crippen molar-refractivity contribution in [2.75, 3.05) is 11.9 Å². The fourth-order valence-corrected chi connectivity index (χ4v) is 3.41. The summed E-state index contributed by atoms with van der Waals surface area (Å²) in [6, 6.07) is 11.4. The monoisotopic (exact) mass is 394 g/mol. The topological polar surface area (TPSA) is 52.0 Å². The molecule has 148 valence electrons. The van der Waals surface area contributed by atoms with E-state index in [4.69, 9.17) is 4.74 Å². The summed E-state index contributed by atoms with van der Waals surface area (Å²) in [5, 5.41) is 4.14. The van der Waals surface area contributed by atoms with Crippen molar-refractivity contribution < 1.29 is 13.5 Å². The van der Waals surface area contributed by atoms with Gasteiger partial charge in [0.1, 0.15) is 17.9 Å². The average molecular weight is 394 g/mol. The van der Waals surface area contributed by atoms with Crippen molar-refractivity contribution in [1.82, 2.24) is 14.5 Å². The molecule has 7 heteroatoms. The van der Waals surface area contributed by atoms with Crippen molar-refractivity contribution in [1.29, 1.82) is 0 Å². The molecule has 1 N–H and O–H groups in total. The normalized spacial score (nSPS) is 11.1. The summed E-state index contributed by atoms with van der Waals surface area (Å²) < 4.78 is 34.7. The van der Waals surface area contributed by atoms with Crippen LogP contribution in [-0.4, -0.2) is 21.1 Å². The van der Waals surface area contributed by atoms with Gasteiger partial charge in [0.2, 0.25) is 0 Å². The highest BCUT2D eigenvalue weighted by molar-refractivity contribution is 5.94. The summed E-state index contributed by atoms with van der Waals surface area (Å²) in [5.41, 5.74) is 3.71. The van der Waals surface area contributed by atoms with Crippen LogP contribution in [0.3, 0.4) is 0 Å². The largest absolute Gasteiger partial charge is 0.492 e. The molecule has 0 aliphatic heterocycles. The Bertz CT molecular complexity index is 1200. The van der Waals surface area contributed by atoms with Crippen LogP contribution in [0, 0.1) is 25.5 Å². The number of hydrogen-bond acceptors (Lipinski definition) is 4. The molecule has 5 nitrogen and oxygen atoms in total. The molecular weight excluding hydrogens is 374 g/mol. The van der Waals surface area contributed by atoms with Gasteiger partial charge in [0, 0.05) is 11.8 Å². The van der Waals surface area contributed by atoms with Gasteiger partial charge in [-0.05, 0) is 50.6 Å². The highest BCUT2D eigenvalue weighted by Gasteiger charge is 2.19. The predicted octanol–water partition coefficient (Wildman–Crippen LogP) is 5.46. The maximum Gasteiger partial charge on any atom is 0.160 e. The van der Waals surface area contributed by atoms with Crippen molar-refractivity contribution >= 4 is 22.5 Å². The number of benzene rings is 2. The number of halogens is 2. The molecular formula is C22H20F2N4O. The van der Waals surface area contributed by atoms with Crippen LogP contribution in [0.2, 0.25) is 0 Å². The van der Waals surface area contributed by atoms with E-state index in [1.54, 1.807) is 4.57 Å². The van der Waals surface area contributed by atoms with Crippen LogP contribution in [0.5, 0.6) is 5.75 Å². The smallest absolute Gasteiger partial charge is 0.160 e. The number of aromatic nitrogens is 3. The third-order valence-corrected chi connectivity index (χ3v) is 4.89. The first-order valence-electron chi connectivity index (χ1n) is 9.28. The number of ether oxygens (including phenoxy) is 1. The van der Waals surface area contributed by atoms with Gasteiger partial charge in [0.25, 0.3) is 0 Å². The minimum atomic E-state index is -0.903. The zero-order valence-corrected chi connectivity index (χ0v) is 16.3. The standard InChI is InChI=1S/C22H20F2N4O/c1-4-29-19-8-6-5-7-18(19)27-21-20-13(2)14(3)28(22(20)26-12-25-21)15-9-10-16(23)17(24)11-15/h5-12H,4H2,1-3H3,(H,25,26,27). The number of para-hydroxylation sites is 2. The molecule has 2 aromatic heterocycles. The van der Waals surface area contributed by atoms with Crippen LogP contribution in [0.1, 0.15) is 18.2 Å². The summed E-state index contributed by atoms with van der Waals surface area (Å²) in [4.78, 5) is 8.84. The van der Waals surface area contributed by atoms with Gasteiger partial charge in [-0.3, -0.25) is 4.57 Å². The van der Waals surface area contributed by atoms with Crippen LogP contribution < -0.4 is 10.1 Å². The van der Waals surface area contributed by atoms with Gasteiger partial charge in [-0.15, -0.1) is 0 Å². The lowest BCUT2D eigenvalue weighted by Crippen LogP contribution is -2.02. The van der Waals surface area contributed by atoms with Gasteiger partial charge in [0.15, 0.2) is 17.3 Å². The van der Waals surface area contributed by atoms with E-state index < -0.39 is 11.6 Å². The lowest BCUT2D eigenvalue weighted by atomic mass is 10.2. The number of anilines is 2. The van der Waals surface area contributed by atoms with Gasteiger partial charge >= 0.3 is 0 Å². The molecule has 4 aromatic rings. The first-order valence-corrected chi connectivity index (χ1v) is 9.28. The van der Waals surface area contributed by atoms with Crippen molar-refractivity contribution in [3.05, 3.63) is 71.7 Å². The lowest BCUT2D eigenvalue weighted by molar-refractivity contribution is 0.342. The summed E-state index contributed by atoms with van der Waals surface area (Å²) >= 11 is 0. The van der Waals surface area contributed by atoms with Crippen LogP contribution >= 0.6 is 0 Å². The Morgan fingerprint density at radius 1 is 1.03 bits per heavy atom. The number of hydrogen-bond donors (Lipinski definition) is 1.